The minimum atomic E-state index is -1.04. The molecule has 1 saturated heterocycles. The number of hydrogen-bond acceptors (Lipinski definition) is 4. The van der Waals surface area contributed by atoms with Gasteiger partial charge in [-0.15, -0.1) is 11.3 Å². The Morgan fingerprint density at radius 1 is 1.57 bits per heavy atom. The van der Waals surface area contributed by atoms with Crippen LogP contribution in [0.2, 0.25) is 0 Å². The minimum Gasteiger partial charge on any atom is -0.480 e. The average molecular weight is 312 g/mol. The average Bonchev–Trinajstić information content (AvgIpc) is 2.83. The Morgan fingerprint density at radius 2 is 2.33 bits per heavy atom. The predicted molar refractivity (Wildman–Crippen MR) is 79.7 cm³/mol. The van der Waals surface area contributed by atoms with Crippen LogP contribution >= 0.6 is 11.3 Å². The van der Waals surface area contributed by atoms with Crippen LogP contribution in [0.5, 0.6) is 0 Å². The number of morpholine rings is 1. The second-order valence-corrected chi connectivity index (χ2v) is 6.56. The first-order valence-electron chi connectivity index (χ1n) is 6.90. The number of thiophene rings is 1. The summed E-state index contributed by atoms with van der Waals surface area (Å²) in [6, 6.07) is 2.81. The molecule has 2 rings (SSSR count). The van der Waals surface area contributed by atoms with E-state index in [9.17, 15) is 9.59 Å². The van der Waals surface area contributed by atoms with Crippen molar-refractivity contribution in [2.24, 2.45) is 0 Å². The van der Waals surface area contributed by atoms with Crippen LogP contribution in [-0.2, 0) is 16.0 Å². The van der Waals surface area contributed by atoms with Gasteiger partial charge in [-0.2, -0.15) is 0 Å². The monoisotopic (exact) mass is 312 g/mol. The van der Waals surface area contributed by atoms with Crippen LogP contribution in [0, 0.1) is 6.92 Å². The van der Waals surface area contributed by atoms with E-state index in [1.165, 1.54) is 14.7 Å². The maximum atomic E-state index is 12.2. The summed E-state index contributed by atoms with van der Waals surface area (Å²) in [7, 11) is 0. The number of carboxylic acid groups (broad SMARTS) is 1. The Kier molecular flexibility index (Phi) is 5.19. The molecule has 116 valence electrons. The first kappa shape index (κ1) is 15.8. The third-order valence-electron chi connectivity index (χ3n) is 3.35. The molecule has 0 bridgehead atoms. The van der Waals surface area contributed by atoms with Crippen LogP contribution in [0.15, 0.2) is 12.1 Å². The molecule has 0 aliphatic carbocycles. The van der Waals surface area contributed by atoms with Crippen molar-refractivity contribution in [1.82, 2.24) is 10.2 Å². The van der Waals surface area contributed by atoms with Crippen molar-refractivity contribution >= 4 is 23.3 Å². The third-order valence-corrected chi connectivity index (χ3v) is 4.37. The van der Waals surface area contributed by atoms with Crippen molar-refractivity contribution in [3.8, 4) is 0 Å². The number of aryl methyl sites for hydroxylation is 1. The fourth-order valence-electron chi connectivity index (χ4n) is 2.29. The van der Waals surface area contributed by atoms with Gasteiger partial charge in [0.05, 0.1) is 13.2 Å². The lowest BCUT2D eigenvalue weighted by Gasteiger charge is -2.33. The van der Waals surface area contributed by atoms with Crippen LogP contribution in [0.25, 0.3) is 0 Å². The van der Waals surface area contributed by atoms with Crippen molar-refractivity contribution in [1.29, 1.82) is 0 Å². The van der Waals surface area contributed by atoms with Crippen LogP contribution in [0.4, 0.5) is 4.79 Å². The highest BCUT2D eigenvalue weighted by Crippen LogP contribution is 2.17. The van der Waals surface area contributed by atoms with Gasteiger partial charge in [0.2, 0.25) is 0 Å². The SMILES string of the molecule is Cc1ccc(CC(C)NC(=O)N2CCOCC2C(=O)O)s1. The third kappa shape index (κ3) is 4.18. The van der Waals surface area contributed by atoms with E-state index in [-0.39, 0.29) is 18.7 Å². The number of ether oxygens (including phenoxy) is 1. The summed E-state index contributed by atoms with van der Waals surface area (Å²) in [5.74, 6) is -1.04. The number of amides is 2. The summed E-state index contributed by atoms with van der Waals surface area (Å²) in [5.41, 5.74) is 0. The quantitative estimate of drug-likeness (QED) is 0.883. The molecular formula is C14H20N2O4S. The number of carboxylic acids is 1. The summed E-state index contributed by atoms with van der Waals surface area (Å²) < 4.78 is 5.13. The van der Waals surface area contributed by atoms with Crippen molar-refractivity contribution in [2.75, 3.05) is 19.8 Å². The second kappa shape index (κ2) is 6.91. The molecule has 1 aliphatic rings. The number of urea groups is 1. The first-order chi connectivity index (χ1) is 9.97. The van der Waals surface area contributed by atoms with Gasteiger partial charge < -0.3 is 20.1 Å². The molecule has 6 nitrogen and oxygen atoms in total. The number of aliphatic carboxylic acids is 1. The molecular weight excluding hydrogens is 292 g/mol. The molecule has 1 aromatic rings. The van der Waals surface area contributed by atoms with E-state index in [1.807, 2.05) is 13.8 Å². The summed E-state index contributed by atoms with van der Waals surface area (Å²) >= 11 is 1.71. The Hall–Kier alpha value is -1.60. The number of carbonyl (C=O) groups is 2. The largest absolute Gasteiger partial charge is 0.480 e. The van der Waals surface area contributed by atoms with Gasteiger partial charge in [-0.05, 0) is 26.0 Å². The van der Waals surface area contributed by atoms with Crippen molar-refractivity contribution in [3.63, 3.8) is 0 Å². The lowest BCUT2D eigenvalue weighted by molar-refractivity contribution is -0.147. The van der Waals surface area contributed by atoms with Crippen molar-refractivity contribution < 1.29 is 19.4 Å². The summed E-state index contributed by atoms with van der Waals surface area (Å²) in [6.45, 7) is 4.68. The minimum absolute atomic E-state index is 0.0429. The van der Waals surface area contributed by atoms with Crippen molar-refractivity contribution in [3.05, 3.63) is 21.9 Å². The summed E-state index contributed by atoms with van der Waals surface area (Å²) in [5, 5.41) is 12.0. The lowest BCUT2D eigenvalue weighted by Crippen LogP contribution is -2.57. The van der Waals surface area contributed by atoms with Gasteiger partial charge in [0.15, 0.2) is 6.04 Å². The standard InChI is InChI=1S/C14H20N2O4S/c1-9(7-11-4-3-10(2)21-11)15-14(19)16-5-6-20-8-12(16)13(17)18/h3-4,9,12H,5-8H2,1-2H3,(H,15,19)(H,17,18). The van der Waals surface area contributed by atoms with Gasteiger partial charge in [-0.25, -0.2) is 9.59 Å². The predicted octanol–water partition coefficient (Wildman–Crippen LogP) is 1.48. The molecule has 0 spiro atoms. The van der Waals surface area contributed by atoms with Crippen LogP contribution in [0.3, 0.4) is 0 Å². The zero-order chi connectivity index (χ0) is 15.4. The zero-order valence-electron chi connectivity index (χ0n) is 12.2. The van der Waals surface area contributed by atoms with E-state index in [2.05, 4.69) is 17.4 Å². The molecule has 2 unspecified atom stereocenters. The van der Waals surface area contributed by atoms with E-state index < -0.39 is 12.0 Å². The summed E-state index contributed by atoms with van der Waals surface area (Å²) in [6.07, 6.45) is 0.742. The summed E-state index contributed by atoms with van der Waals surface area (Å²) in [4.78, 5) is 27.1. The first-order valence-corrected chi connectivity index (χ1v) is 7.72. The molecule has 0 radical (unpaired) electrons. The number of hydrogen-bond donors (Lipinski definition) is 2. The lowest BCUT2D eigenvalue weighted by atomic mass is 10.2. The van der Waals surface area contributed by atoms with Crippen LogP contribution in [-0.4, -0.2) is 53.8 Å². The molecule has 21 heavy (non-hydrogen) atoms. The van der Waals surface area contributed by atoms with Gasteiger partial charge in [0.25, 0.3) is 0 Å². The Bertz CT molecular complexity index is 517. The van der Waals surface area contributed by atoms with Crippen molar-refractivity contribution in [2.45, 2.75) is 32.4 Å². The van der Waals surface area contributed by atoms with E-state index in [0.29, 0.717) is 13.2 Å². The number of carbonyl (C=O) groups excluding carboxylic acids is 1. The molecule has 1 aliphatic heterocycles. The topological polar surface area (TPSA) is 78.9 Å². The number of nitrogens with zero attached hydrogens (tertiary/aromatic N) is 1. The van der Waals surface area contributed by atoms with Gasteiger partial charge in [-0.1, -0.05) is 0 Å². The van der Waals surface area contributed by atoms with Gasteiger partial charge in [0.1, 0.15) is 0 Å². The molecule has 1 aromatic heterocycles. The Labute approximate surface area is 127 Å². The molecule has 2 N–H and O–H groups in total. The van der Waals surface area contributed by atoms with Crippen LogP contribution < -0.4 is 5.32 Å². The Morgan fingerprint density at radius 3 is 2.95 bits per heavy atom. The molecule has 1 fully saturated rings. The van der Waals surface area contributed by atoms with Gasteiger partial charge >= 0.3 is 12.0 Å². The van der Waals surface area contributed by atoms with E-state index >= 15 is 0 Å². The fraction of sp³-hybridized carbons (Fsp3) is 0.571. The normalized spacial score (nSPS) is 20.1. The number of nitrogens with one attached hydrogen (secondary N) is 1. The van der Waals surface area contributed by atoms with E-state index in [4.69, 9.17) is 9.84 Å². The maximum Gasteiger partial charge on any atom is 0.328 e. The maximum absolute atomic E-state index is 12.2. The Balaban J connectivity index is 1.91. The van der Waals surface area contributed by atoms with E-state index in [0.717, 1.165) is 6.42 Å². The fourth-order valence-corrected chi connectivity index (χ4v) is 3.31. The molecule has 2 amide bonds. The highest BCUT2D eigenvalue weighted by Gasteiger charge is 2.33. The number of rotatable bonds is 4. The van der Waals surface area contributed by atoms with Gasteiger partial charge in [0, 0.05) is 28.8 Å². The molecule has 7 heteroatoms. The smallest absolute Gasteiger partial charge is 0.328 e. The van der Waals surface area contributed by atoms with Gasteiger partial charge in [-0.3, -0.25) is 0 Å². The molecule has 0 saturated carbocycles. The molecule has 2 heterocycles. The second-order valence-electron chi connectivity index (χ2n) is 5.19. The van der Waals surface area contributed by atoms with Crippen LogP contribution in [0.1, 0.15) is 16.7 Å². The zero-order valence-corrected chi connectivity index (χ0v) is 13.0. The highest BCUT2D eigenvalue weighted by atomic mass is 32.1. The molecule has 0 aromatic carbocycles. The molecule has 2 atom stereocenters. The highest BCUT2D eigenvalue weighted by molar-refractivity contribution is 7.11. The van der Waals surface area contributed by atoms with E-state index in [1.54, 1.807) is 11.3 Å².